The Morgan fingerprint density at radius 3 is 2.68 bits per heavy atom. The van der Waals surface area contributed by atoms with Crippen LogP contribution in [0.3, 0.4) is 0 Å². The Labute approximate surface area is 120 Å². The van der Waals surface area contributed by atoms with Crippen molar-refractivity contribution in [3.05, 3.63) is 34.9 Å². The third kappa shape index (κ3) is 4.96. The summed E-state index contributed by atoms with van der Waals surface area (Å²) in [5, 5.41) is 2.62. The third-order valence-electron chi connectivity index (χ3n) is 3.07. The number of nitrogens with two attached hydrogens (primary N) is 1. The molecule has 0 fully saturated rings. The van der Waals surface area contributed by atoms with Gasteiger partial charge >= 0.3 is 0 Å². The number of aryl methyl sites for hydroxylation is 1. The molecular weight excluding hydrogens is 258 g/mol. The molecule has 1 aromatic rings. The third-order valence-corrected chi connectivity index (χ3v) is 3.30. The van der Waals surface area contributed by atoms with Crippen LogP contribution in [0, 0.1) is 6.92 Å². The van der Waals surface area contributed by atoms with Crippen molar-refractivity contribution in [2.75, 3.05) is 20.6 Å². The fraction of sp³-hybridized carbons (Fsp3) is 0.429. The summed E-state index contributed by atoms with van der Waals surface area (Å²) in [7, 11) is 3.66. The predicted molar refractivity (Wildman–Crippen MR) is 82.1 cm³/mol. The summed E-state index contributed by atoms with van der Waals surface area (Å²) in [5.74, 6) is 0.0624. The number of carbonyl (C=O) groups excluding carboxylic acids is 1. The highest BCUT2D eigenvalue weighted by Gasteiger charge is 2.07. The number of carbonyl (C=O) groups is 1. The van der Waals surface area contributed by atoms with Crippen LogP contribution in [-0.2, 0) is 11.3 Å². The van der Waals surface area contributed by atoms with Gasteiger partial charge in [-0.25, -0.2) is 0 Å². The number of benzene rings is 1. The Bertz CT molecular complexity index is 474. The molecule has 0 aromatic heterocycles. The summed E-state index contributed by atoms with van der Waals surface area (Å²) in [6.45, 7) is 3.58. The van der Waals surface area contributed by atoms with Gasteiger partial charge in [-0.2, -0.15) is 0 Å². The van der Waals surface area contributed by atoms with Crippen molar-refractivity contribution in [2.45, 2.75) is 19.9 Å². The molecule has 0 saturated carbocycles. The van der Waals surface area contributed by atoms with Crippen LogP contribution >= 0.6 is 12.2 Å². The quantitative estimate of drug-likeness (QED) is 0.768. The second-order valence-electron chi connectivity index (χ2n) is 4.67. The van der Waals surface area contributed by atoms with Crippen LogP contribution in [0.2, 0.25) is 0 Å². The molecule has 0 atom stereocenters. The Morgan fingerprint density at radius 2 is 2.16 bits per heavy atom. The van der Waals surface area contributed by atoms with Gasteiger partial charge in [-0.05, 0) is 31.2 Å². The molecule has 0 heterocycles. The first-order valence-electron chi connectivity index (χ1n) is 6.22. The molecule has 0 bridgehead atoms. The van der Waals surface area contributed by atoms with Gasteiger partial charge in [0.05, 0.1) is 0 Å². The zero-order valence-corrected chi connectivity index (χ0v) is 12.5. The maximum absolute atomic E-state index is 11.2. The van der Waals surface area contributed by atoms with Crippen LogP contribution in [-0.4, -0.2) is 36.4 Å². The van der Waals surface area contributed by atoms with Gasteiger partial charge < -0.3 is 16.0 Å². The summed E-state index contributed by atoms with van der Waals surface area (Å²) < 4.78 is 0. The van der Waals surface area contributed by atoms with Gasteiger partial charge in [0.1, 0.15) is 4.99 Å². The normalized spacial score (nSPS) is 10.5. The molecule has 104 valence electrons. The molecule has 1 amide bonds. The molecule has 0 saturated heterocycles. The number of thiocarbonyl (C=S) groups is 1. The van der Waals surface area contributed by atoms with Crippen molar-refractivity contribution in [1.82, 2.24) is 10.2 Å². The highest BCUT2D eigenvalue weighted by atomic mass is 32.1. The minimum atomic E-state index is 0.0624. The number of rotatable bonds is 6. The van der Waals surface area contributed by atoms with E-state index in [1.54, 1.807) is 7.05 Å². The van der Waals surface area contributed by atoms with Crippen molar-refractivity contribution in [1.29, 1.82) is 0 Å². The largest absolute Gasteiger partial charge is 0.389 e. The van der Waals surface area contributed by atoms with E-state index in [9.17, 15) is 4.79 Å². The Balaban J connectivity index is 2.62. The van der Waals surface area contributed by atoms with Gasteiger partial charge in [0.25, 0.3) is 0 Å². The molecule has 0 spiro atoms. The minimum absolute atomic E-state index is 0.0624. The molecule has 0 radical (unpaired) electrons. The lowest BCUT2D eigenvalue weighted by molar-refractivity contribution is -0.120. The summed E-state index contributed by atoms with van der Waals surface area (Å²) in [6.07, 6.45) is 0.511. The molecular formula is C14H21N3OS. The second kappa shape index (κ2) is 7.21. The van der Waals surface area contributed by atoms with Gasteiger partial charge in [-0.1, -0.05) is 24.4 Å². The smallest absolute Gasteiger partial charge is 0.221 e. The zero-order chi connectivity index (χ0) is 14.4. The first-order valence-corrected chi connectivity index (χ1v) is 6.63. The van der Waals surface area contributed by atoms with E-state index in [1.165, 1.54) is 5.56 Å². The monoisotopic (exact) mass is 279 g/mol. The van der Waals surface area contributed by atoms with E-state index in [2.05, 4.69) is 10.2 Å². The lowest BCUT2D eigenvalue weighted by Gasteiger charge is -2.18. The zero-order valence-electron chi connectivity index (χ0n) is 11.7. The van der Waals surface area contributed by atoms with Gasteiger partial charge in [0.2, 0.25) is 5.91 Å². The van der Waals surface area contributed by atoms with Crippen molar-refractivity contribution < 1.29 is 4.79 Å². The topological polar surface area (TPSA) is 58.4 Å². The molecule has 1 aromatic carbocycles. The summed E-state index contributed by atoms with van der Waals surface area (Å²) in [6, 6.07) is 5.99. The molecule has 0 unspecified atom stereocenters. The summed E-state index contributed by atoms with van der Waals surface area (Å²) in [5.41, 5.74) is 8.89. The molecule has 0 aliphatic rings. The fourth-order valence-electron chi connectivity index (χ4n) is 1.81. The SMILES string of the molecule is CNC(=O)CCN(C)Cc1ccc(C(N)=S)cc1C. The molecule has 1 rings (SSSR count). The van der Waals surface area contributed by atoms with Gasteiger partial charge in [-0.15, -0.1) is 0 Å². The Morgan fingerprint density at radius 1 is 1.47 bits per heavy atom. The van der Waals surface area contributed by atoms with Crippen molar-refractivity contribution in [3.63, 3.8) is 0 Å². The maximum atomic E-state index is 11.2. The first kappa shape index (κ1) is 15.6. The predicted octanol–water partition coefficient (Wildman–Crippen LogP) is 1.20. The standard InChI is InChI=1S/C14H21N3OS/c1-10-8-11(14(15)19)4-5-12(10)9-17(3)7-6-13(18)16-2/h4-5,8H,6-7,9H2,1-3H3,(H2,15,19)(H,16,18). The molecule has 0 aliphatic carbocycles. The number of nitrogens with zero attached hydrogens (tertiary/aromatic N) is 1. The van der Waals surface area contributed by atoms with Gasteiger partial charge in [-0.3, -0.25) is 4.79 Å². The first-order chi connectivity index (χ1) is 8.93. The number of hydrogen-bond acceptors (Lipinski definition) is 3. The molecule has 19 heavy (non-hydrogen) atoms. The van der Waals surface area contributed by atoms with Crippen LogP contribution in [0.5, 0.6) is 0 Å². The van der Waals surface area contributed by atoms with Crippen molar-refractivity contribution in [2.24, 2.45) is 5.73 Å². The Hall–Kier alpha value is -1.46. The van der Waals surface area contributed by atoms with E-state index in [1.807, 2.05) is 32.2 Å². The van der Waals surface area contributed by atoms with Crippen LogP contribution in [0.25, 0.3) is 0 Å². The molecule has 3 N–H and O–H groups in total. The molecule has 5 heteroatoms. The average Bonchev–Trinajstić information content (AvgIpc) is 2.38. The highest BCUT2D eigenvalue weighted by molar-refractivity contribution is 7.80. The Kier molecular flexibility index (Phi) is 5.92. The van der Waals surface area contributed by atoms with E-state index in [-0.39, 0.29) is 5.91 Å². The summed E-state index contributed by atoms with van der Waals surface area (Å²) in [4.78, 5) is 13.7. The van der Waals surface area contributed by atoms with Crippen LogP contribution in [0.15, 0.2) is 18.2 Å². The lowest BCUT2D eigenvalue weighted by atomic mass is 10.0. The molecule has 0 aliphatic heterocycles. The summed E-state index contributed by atoms with van der Waals surface area (Å²) >= 11 is 4.96. The van der Waals surface area contributed by atoms with Gasteiger partial charge in [0.15, 0.2) is 0 Å². The van der Waals surface area contributed by atoms with E-state index in [4.69, 9.17) is 18.0 Å². The van der Waals surface area contributed by atoms with E-state index in [0.717, 1.165) is 24.2 Å². The van der Waals surface area contributed by atoms with Crippen molar-refractivity contribution in [3.8, 4) is 0 Å². The number of hydrogen-bond donors (Lipinski definition) is 2. The fourth-order valence-corrected chi connectivity index (χ4v) is 1.94. The minimum Gasteiger partial charge on any atom is -0.389 e. The second-order valence-corrected chi connectivity index (χ2v) is 5.11. The average molecular weight is 279 g/mol. The van der Waals surface area contributed by atoms with Crippen LogP contribution in [0.1, 0.15) is 23.1 Å². The van der Waals surface area contributed by atoms with E-state index in [0.29, 0.717) is 11.4 Å². The van der Waals surface area contributed by atoms with E-state index >= 15 is 0 Å². The molecule has 4 nitrogen and oxygen atoms in total. The van der Waals surface area contributed by atoms with Crippen LogP contribution in [0.4, 0.5) is 0 Å². The number of amides is 1. The highest BCUT2D eigenvalue weighted by Crippen LogP contribution is 2.13. The van der Waals surface area contributed by atoms with E-state index < -0.39 is 0 Å². The maximum Gasteiger partial charge on any atom is 0.221 e. The lowest BCUT2D eigenvalue weighted by Crippen LogP contribution is -2.26. The van der Waals surface area contributed by atoms with Crippen LogP contribution < -0.4 is 11.1 Å². The van der Waals surface area contributed by atoms with Crippen molar-refractivity contribution >= 4 is 23.1 Å². The van der Waals surface area contributed by atoms with Gasteiger partial charge in [0, 0.05) is 32.1 Å². The number of nitrogens with one attached hydrogen (secondary N) is 1.